The van der Waals surface area contributed by atoms with E-state index in [0.717, 1.165) is 10.5 Å². The molecule has 0 saturated carbocycles. The lowest BCUT2D eigenvalue weighted by Gasteiger charge is -2.18. The maximum atomic E-state index is 13.7. The molecule has 2 amide bonds. The Balaban J connectivity index is 1.84. The fourth-order valence-electron chi connectivity index (χ4n) is 3.43. The summed E-state index contributed by atoms with van der Waals surface area (Å²) in [7, 11) is 0. The predicted molar refractivity (Wildman–Crippen MR) is 117 cm³/mol. The minimum absolute atomic E-state index is 0.101. The molecule has 0 unspecified atom stereocenters. The molecule has 0 saturated heterocycles. The first-order chi connectivity index (χ1) is 14.3. The molecule has 0 spiro atoms. The molecule has 3 aromatic rings. The second-order valence-electron chi connectivity index (χ2n) is 7.13. The van der Waals surface area contributed by atoms with Crippen LogP contribution in [0, 0.1) is 19.7 Å². The van der Waals surface area contributed by atoms with Crippen molar-refractivity contribution in [3.63, 3.8) is 0 Å². The number of aryl methyl sites for hydroxylation is 2. The zero-order chi connectivity index (χ0) is 21.4. The number of anilines is 2. The highest BCUT2D eigenvalue weighted by Crippen LogP contribution is 2.35. The van der Waals surface area contributed by atoms with Gasteiger partial charge in [0.15, 0.2) is 0 Å². The Hall–Kier alpha value is -3.44. The number of halogens is 2. The first kappa shape index (κ1) is 19.9. The average Bonchev–Trinajstić information content (AvgIpc) is 2.93. The topological polar surface area (TPSA) is 49.4 Å². The Morgan fingerprint density at radius 3 is 2.30 bits per heavy atom. The van der Waals surface area contributed by atoms with Crippen molar-refractivity contribution in [1.29, 1.82) is 0 Å². The number of hydrogen-bond acceptors (Lipinski definition) is 3. The molecule has 4 nitrogen and oxygen atoms in total. The second kappa shape index (κ2) is 7.76. The number of nitrogens with one attached hydrogen (secondary N) is 1. The monoisotopic (exact) mass is 420 g/mol. The molecule has 0 radical (unpaired) electrons. The highest BCUT2D eigenvalue weighted by molar-refractivity contribution is 6.46. The van der Waals surface area contributed by atoms with Gasteiger partial charge in [-0.25, -0.2) is 9.29 Å². The molecule has 150 valence electrons. The van der Waals surface area contributed by atoms with Crippen LogP contribution in [0.2, 0.25) is 5.02 Å². The van der Waals surface area contributed by atoms with Crippen LogP contribution in [0.1, 0.15) is 16.7 Å². The van der Waals surface area contributed by atoms with E-state index in [1.165, 1.54) is 18.2 Å². The first-order valence-electron chi connectivity index (χ1n) is 9.34. The third-order valence-electron chi connectivity index (χ3n) is 4.92. The number of carbonyl (C=O) groups excluding carboxylic acids is 2. The molecule has 6 heteroatoms. The van der Waals surface area contributed by atoms with E-state index >= 15 is 0 Å². The van der Waals surface area contributed by atoms with E-state index in [1.807, 2.05) is 19.1 Å². The zero-order valence-corrected chi connectivity index (χ0v) is 17.1. The van der Waals surface area contributed by atoms with Crippen molar-refractivity contribution in [3.05, 3.63) is 100.0 Å². The van der Waals surface area contributed by atoms with Crippen LogP contribution in [0.3, 0.4) is 0 Å². The fourth-order valence-corrected chi connectivity index (χ4v) is 3.66. The van der Waals surface area contributed by atoms with Gasteiger partial charge in [-0.2, -0.15) is 0 Å². The summed E-state index contributed by atoms with van der Waals surface area (Å²) in [5.74, 6) is -1.40. The first-order valence-corrected chi connectivity index (χ1v) is 9.72. The average molecular weight is 421 g/mol. The number of benzene rings is 3. The highest BCUT2D eigenvalue weighted by atomic mass is 35.5. The SMILES string of the molecule is Cc1ccc(C2=C(Nc3cccc(F)c3)C(=O)N(c3ccc(Cl)cc3C)C2=O)cc1. The lowest BCUT2D eigenvalue weighted by Crippen LogP contribution is -2.33. The van der Waals surface area contributed by atoms with Gasteiger partial charge in [-0.05, 0) is 61.4 Å². The molecule has 1 heterocycles. The number of imide groups is 1. The Bertz CT molecular complexity index is 1200. The third kappa shape index (κ3) is 3.60. The van der Waals surface area contributed by atoms with Crippen molar-refractivity contribution in [2.45, 2.75) is 13.8 Å². The molecule has 30 heavy (non-hydrogen) atoms. The number of rotatable bonds is 4. The van der Waals surface area contributed by atoms with Gasteiger partial charge < -0.3 is 5.32 Å². The van der Waals surface area contributed by atoms with E-state index in [-0.39, 0.29) is 11.3 Å². The van der Waals surface area contributed by atoms with Gasteiger partial charge >= 0.3 is 0 Å². The van der Waals surface area contributed by atoms with Crippen LogP contribution in [0.25, 0.3) is 5.57 Å². The van der Waals surface area contributed by atoms with Crippen molar-refractivity contribution in [2.75, 3.05) is 10.2 Å². The fraction of sp³-hybridized carbons (Fsp3) is 0.0833. The largest absolute Gasteiger partial charge is 0.350 e. The van der Waals surface area contributed by atoms with E-state index in [4.69, 9.17) is 11.6 Å². The van der Waals surface area contributed by atoms with Crippen LogP contribution < -0.4 is 10.2 Å². The minimum atomic E-state index is -0.509. The molecule has 0 bridgehead atoms. The molecule has 1 aliphatic rings. The Kier molecular flexibility index (Phi) is 5.14. The maximum Gasteiger partial charge on any atom is 0.282 e. The van der Waals surface area contributed by atoms with Gasteiger partial charge in [0.25, 0.3) is 11.8 Å². The third-order valence-corrected chi connectivity index (χ3v) is 5.15. The van der Waals surface area contributed by atoms with Gasteiger partial charge in [-0.15, -0.1) is 0 Å². The summed E-state index contributed by atoms with van der Waals surface area (Å²) in [5, 5.41) is 3.47. The summed E-state index contributed by atoms with van der Waals surface area (Å²) in [6, 6.07) is 18.1. The lowest BCUT2D eigenvalue weighted by atomic mass is 10.0. The molecule has 0 atom stereocenters. The molecule has 3 aromatic carbocycles. The van der Waals surface area contributed by atoms with Gasteiger partial charge in [0.1, 0.15) is 11.5 Å². The zero-order valence-electron chi connectivity index (χ0n) is 16.4. The van der Waals surface area contributed by atoms with Crippen molar-refractivity contribution < 1.29 is 14.0 Å². The quantitative estimate of drug-likeness (QED) is 0.567. The van der Waals surface area contributed by atoms with E-state index in [1.54, 1.807) is 43.3 Å². The summed E-state index contributed by atoms with van der Waals surface area (Å²) in [5.41, 5.74) is 3.50. The van der Waals surface area contributed by atoms with E-state index in [9.17, 15) is 14.0 Å². The maximum absolute atomic E-state index is 13.7. The van der Waals surface area contributed by atoms with Crippen molar-refractivity contribution >= 4 is 40.4 Å². The number of amides is 2. The normalized spacial score (nSPS) is 13.9. The Morgan fingerprint density at radius 2 is 1.63 bits per heavy atom. The number of carbonyl (C=O) groups is 2. The van der Waals surface area contributed by atoms with E-state index in [0.29, 0.717) is 27.5 Å². The van der Waals surface area contributed by atoms with Gasteiger partial charge in [0.05, 0.1) is 11.3 Å². The number of nitrogens with zero attached hydrogens (tertiary/aromatic N) is 1. The molecule has 4 rings (SSSR count). The van der Waals surface area contributed by atoms with Crippen LogP contribution >= 0.6 is 11.6 Å². The van der Waals surface area contributed by atoms with Gasteiger partial charge in [-0.1, -0.05) is 47.5 Å². The van der Waals surface area contributed by atoms with E-state index < -0.39 is 17.6 Å². The molecule has 0 fully saturated rings. The van der Waals surface area contributed by atoms with Crippen molar-refractivity contribution in [3.8, 4) is 0 Å². The summed E-state index contributed by atoms with van der Waals surface area (Å²) >= 11 is 6.04. The summed E-state index contributed by atoms with van der Waals surface area (Å²) in [6.07, 6.45) is 0. The van der Waals surface area contributed by atoms with E-state index in [2.05, 4.69) is 5.32 Å². The van der Waals surface area contributed by atoms with Gasteiger partial charge in [-0.3, -0.25) is 9.59 Å². The van der Waals surface area contributed by atoms with Crippen LogP contribution in [0.4, 0.5) is 15.8 Å². The summed E-state index contributed by atoms with van der Waals surface area (Å²) in [4.78, 5) is 27.9. The molecule has 1 aliphatic heterocycles. The van der Waals surface area contributed by atoms with Crippen LogP contribution in [0.15, 0.2) is 72.4 Å². The minimum Gasteiger partial charge on any atom is -0.350 e. The lowest BCUT2D eigenvalue weighted by molar-refractivity contribution is -0.120. The van der Waals surface area contributed by atoms with Crippen LogP contribution in [-0.2, 0) is 9.59 Å². The van der Waals surface area contributed by atoms with Gasteiger partial charge in [0.2, 0.25) is 0 Å². The van der Waals surface area contributed by atoms with Gasteiger partial charge in [0, 0.05) is 10.7 Å². The highest BCUT2D eigenvalue weighted by Gasteiger charge is 2.40. The number of hydrogen-bond donors (Lipinski definition) is 1. The van der Waals surface area contributed by atoms with Crippen molar-refractivity contribution in [2.24, 2.45) is 0 Å². The second-order valence-corrected chi connectivity index (χ2v) is 7.56. The molecule has 0 aromatic heterocycles. The summed E-state index contributed by atoms with van der Waals surface area (Å²) in [6.45, 7) is 3.72. The van der Waals surface area contributed by atoms with Crippen LogP contribution in [0.5, 0.6) is 0 Å². The molecule has 1 N–H and O–H groups in total. The molecule has 0 aliphatic carbocycles. The standard InChI is InChI=1S/C24H18ClFN2O2/c1-14-6-8-16(9-7-14)21-22(27-19-5-3-4-18(26)13-19)24(30)28(23(21)29)20-11-10-17(25)12-15(20)2/h3-13,27H,1-2H3. The molecular formula is C24H18ClFN2O2. The summed E-state index contributed by atoms with van der Waals surface area (Å²) < 4.78 is 13.7. The Labute approximate surface area is 178 Å². The molecular weight excluding hydrogens is 403 g/mol. The van der Waals surface area contributed by atoms with Crippen LogP contribution in [-0.4, -0.2) is 11.8 Å². The smallest absolute Gasteiger partial charge is 0.282 e. The predicted octanol–water partition coefficient (Wildman–Crippen LogP) is 5.49. The Morgan fingerprint density at radius 1 is 0.900 bits per heavy atom. The van der Waals surface area contributed by atoms with Crippen molar-refractivity contribution in [1.82, 2.24) is 0 Å².